The molecule has 2 saturated carbocycles. The molecule has 4 heteroatoms. The van der Waals surface area contributed by atoms with E-state index in [4.69, 9.17) is 0 Å². The predicted molar refractivity (Wildman–Crippen MR) is 84.5 cm³/mol. The summed E-state index contributed by atoms with van der Waals surface area (Å²) in [6.07, 6.45) is 3.31. The second kappa shape index (κ2) is 4.56. The summed E-state index contributed by atoms with van der Waals surface area (Å²) in [6, 6.07) is 7.14. The van der Waals surface area contributed by atoms with Crippen LogP contribution in [0.25, 0.3) is 0 Å². The first kappa shape index (κ1) is 15.0. The maximum Gasteiger partial charge on any atom is 0.240 e. The summed E-state index contributed by atoms with van der Waals surface area (Å²) in [7, 11) is -3.42. The van der Waals surface area contributed by atoms with E-state index in [1.54, 1.807) is 12.1 Å². The van der Waals surface area contributed by atoms with Crippen molar-refractivity contribution in [3.05, 3.63) is 29.8 Å². The smallest absolute Gasteiger partial charge is 0.207 e. The second-order valence-electron chi connectivity index (χ2n) is 7.60. The third-order valence-electron chi connectivity index (χ3n) is 6.42. The van der Waals surface area contributed by atoms with E-state index >= 15 is 0 Å². The van der Waals surface area contributed by atoms with E-state index in [-0.39, 0.29) is 16.9 Å². The van der Waals surface area contributed by atoms with E-state index in [1.165, 1.54) is 6.42 Å². The van der Waals surface area contributed by atoms with E-state index in [1.807, 2.05) is 19.1 Å². The van der Waals surface area contributed by atoms with Crippen molar-refractivity contribution < 1.29 is 8.42 Å². The molecule has 116 valence electrons. The number of benzene rings is 1. The lowest BCUT2D eigenvalue weighted by atomic mass is 9.69. The number of nitrogens with one attached hydrogen (secondary N) is 1. The average molecular weight is 307 g/mol. The van der Waals surface area contributed by atoms with Crippen molar-refractivity contribution >= 4 is 10.0 Å². The zero-order valence-corrected chi connectivity index (χ0v) is 14.1. The molecule has 3 nitrogen and oxygen atoms in total. The quantitative estimate of drug-likeness (QED) is 0.929. The Balaban J connectivity index is 1.86. The largest absolute Gasteiger partial charge is 0.240 e. The lowest BCUT2D eigenvalue weighted by molar-refractivity contribution is 0.130. The number of fused-ring (bicyclic) bond motifs is 2. The van der Waals surface area contributed by atoms with Gasteiger partial charge in [0.1, 0.15) is 0 Å². The Bertz CT molecular complexity index is 648. The third-order valence-corrected chi connectivity index (χ3v) is 7.91. The molecule has 1 aromatic rings. The maximum absolute atomic E-state index is 12.6. The summed E-state index contributed by atoms with van der Waals surface area (Å²) in [6.45, 7) is 8.81. The molecule has 2 aliphatic rings. The van der Waals surface area contributed by atoms with Crippen molar-refractivity contribution in [2.75, 3.05) is 0 Å². The van der Waals surface area contributed by atoms with Gasteiger partial charge >= 0.3 is 0 Å². The Labute approximate surface area is 128 Å². The first-order chi connectivity index (χ1) is 9.67. The first-order valence-corrected chi connectivity index (χ1v) is 9.24. The fraction of sp³-hybridized carbons (Fsp3) is 0.647. The summed E-state index contributed by atoms with van der Waals surface area (Å²) < 4.78 is 28.2. The molecule has 0 heterocycles. The zero-order chi connectivity index (χ0) is 15.5. The highest BCUT2D eigenvalue weighted by Gasteiger charge is 2.61. The molecule has 0 spiro atoms. The van der Waals surface area contributed by atoms with Crippen LogP contribution in [-0.2, 0) is 10.0 Å². The minimum atomic E-state index is -3.42. The molecule has 0 radical (unpaired) electrons. The van der Waals surface area contributed by atoms with Crippen LogP contribution in [0.5, 0.6) is 0 Å². The van der Waals surface area contributed by atoms with Crippen LogP contribution in [0.4, 0.5) is 0 Å². The van der Waals surface area contributed by atoms with Gasteiger partial charge in [-0.3, -0.25) is 0 Å². The Kier molecular flexibility index (Phi) is 3.27. The molecular formula is C17H25NO2S. The topological polar surface area (TPSA) is 46.2 Å². The van der Waals surface area contributed by atoms with Gasteiger partial charge in [-0.15, -0.1) is 0 Å². The Hall–Kier alpha value is -0.870. The van der Waals surface area contributed by atoms with E-state index in [9.17, 15) is 8.42 Å². The molecule has 1 aromatic carbocycles. The van der Waals surface area contributed by atoms with E-state index < -0.39 is 10.0 Å². The molecule has 1 N–H and O–H groups in total. The minimum absolute atomic E-state index is 0.0533. The SMILES string of the molecule is Cc1ccc(S(=O)(=O)NC2CC3CC[C@]2(C)C3(C)C)cc1. The fourth-order valence-electron chi connectivity index (χ4n) is 4.35. The van der Waals surface area contributed by atoms with Crippen molar-refractivity contribution in [3.8, 4) is 0 Å². The number of sulfonamides is 1. The number of rotatable bonds is 3. The van der Waals surface area contributed by atoms with Gasteiger partial charge < -0.3 is 0 Å². The summed E-state index contributed by atoms with van der Waals surface area (Å²) in [5.74, 6) is 0.633. The van der Waals surface area contributed by atoms with Crippen LogP contribution in [0, 0.1) is 23.7 Å². The van der Waals surface area contributed by atoms with Crippen LogP contribution in [0.1, 0.15) is 45.6 Å². The molecule has 2 unspecified atom stereocenters. The van der Waals surface area contributed by atoms with Gasteiger partial charge in [-0.05, 0) is 55.1 Å². The summed E-state index contributed by atoms with van der Waals surface area (Å²) >= 11 is 0. The van der Waals surface area contributed by atoms with Gasteiger partial charge in [0.25, 0.3) is 0 Å². The molecule has 0 aliphatic heterocycles. The van der Waals surface area contributed by atoms with Gasteiger partial charge in [0.05, 0.1) is 4.90 Å². The van der Waals surface area contributed by atoms with Gasteiger partial charge in [0.15, 0.2) is 0 Å². The summed E-state index contributed by atoms with van der Waals surface area (Å²) in [4.78, 5) is 0.372. The molecule has 0 saturated heterocycles. The van der Waals surface area contributed by atoms with Crippen molar-refractivity contribution in [1.82, 2.24) is 4.72 Å². The van der Waals surface area contributed by atoms with Crippen molar-refractivity contribution in [1.29, 1.82) is 0 Å². The predicted octanol–water partition coefficient (Wildman–Crippen LogP) is 3.49. The third kappa shape index (κ3) is 2.15. The average Bonchev–Trinajstić information content (AvgIpc) is 2.72. The van der Waals surface area contributed by atoms with Crippen LogP contribution < -0.4 is 4.72 Å². The Morgan fingerprint density at radius 3 is 2.24 bits per heavy atom. The number of aryl methyl sites for hydroxylation is 1. The molecule has 3 rings (SSSR count). The lowest BCUT2D eigenvalue weighted by Crippen LogP contribution is -2.46. The van der Waals surface area contributed by atoms with Gasteiger partial charge in [0, 0.05) is 6.04 Å². The van der Waals surface area contributed by atoms with Crippen LogP contribution in [0.3, 0.4) is 0 Å². The number of hydrogen-bond donors (Lipinski definition) is 1. The van der Waals surface area contributed by atoms with Crippen molar-refractivity contribution in [2.24, 2.45) is 16.7 Å². The van der Waals surface area contributed by atoms with Crippen molar-refractivity contribution in [2.45, 2.75) is 57.9 Å². The normalized spacial score (nSPS) is 34.3. The van der Waals surface area contributed by atoms with Gasteiger partial charge in [-0.2, -0.15) is 0 Å². The minimum Gasteiger partial charge on any atom is -0.207 e. The van der Waals surface area contributed by atoms with E-state index in [0.29, 0.717) is 10.8 Å². The zero-order valence-electron chi connectivity index (χ0n) is 13.3. The van der Waals surface area contributed by atoms with Gasteiger partial charge in [-0.1, -0.05) is 38.5 Å². The molecule has 2 fully saturated rings. The van der Waals surface area contributed by atoms with Crippen molar-refractivity contribution in [3.63, 3.8) is 0 Å². The molecule has 3 atom stereocenters. The Morgan fingerprint density at radius 1 is 1.14 bits per heavy atom. The van der Waals surface area contributed by atoms with Gasteiger partial charge in [-0.25, -0.2) is 13.1 Å². The summed E-state index contributed by atoms with van der Waals surface area (Å²) in [5, 5.41) is 0. The molecule has 21 heavy (non-hydrogen) atoms. The monoisotopic (exact) mass is 307 g/mol. The van der Waals surface area contributed by atoms with Gasteiger partial charge in [0.2, 0.25) is 10.0 Å². The van der Waals surface area contributed by atoms with Crippen LogP contribution in [0.15, 0.2) is 29.2 Å². The van der Waals surface area contributed by atoms with Crippen LogP contribution in [-0.4, -0.2) is 14.5 Å². The second-order valence-corrected chi connectivity index (χ2v) is 9.31. The van der Waals surface area contributed by atoms with E-state index in [0.717, 1.165) is 18.4 Å². The fourth-order valence-corrected chi connectivity index (χ4v) is 5.72. The molecule has 2 bridgehead atoms. The maximum atomic E-state index is 12.6. The highest BCUT2D eigenvalue weighted by molar-refractivity contribution is 7.89. The Morgan fingerprint density at radius 2 is 1.76 bits per heavy atom. The van der Waals surface area contributed by atoms with Crippen LogP contribution in [0.2, 0.25) is 0 Å². The first-order valence-electron chi connectivity index (χ1n) is 7.76. The highest BCUT2D eigenvalue weighted by atomic mass is 32.2. The number of hydrogen-bond acceptors (Lipinski definition) is 2. The van der Waals surface area contributed by atoms with Crippen LogP contribution >= 0.6 is 0 Å². The van der Waals surface area contributed by atoms with E-state index in [2.05, 4.69) is 25.5 Å². The molecule has 0 amide bonds. The highest BCUT2D eigenvalue weighted by Crippen LogP contribution is 2.65. The molecule has 0 aromatic heterocycles. The molecule has 2 aliphatic carbocycles. The summed E-state index contributed by atoms with van der Waals surface area (Å²) in [5.41, 5.74) is 1.35. The molecular weight excluding hydrogens is 282 g/mol. The lowest BCUT2D eigenvalue weighted by Gasteiger charge is -2.39. The standard InChI is InChI=1S/C17H25NO2S/c1-12-5-7-14(8-6-12)21(19,20)18-15-11-13-9-10-17(15,4)16(13,2)3/h5-8,13,15,18H,9-11H2,1-4H3/t13?,15?,17-/m0/s1.